The zero-order chi connectivity index (χ0) is 27.9. The number of benzene rings is 2. The van der Waals surface area contributed by atoms with Gasteiger partial charge in [-0.1, -0.05) is 48.5 Å². The number of hydrogen-bond donors (Lipinski definition) is 1. The highest BCUT2D eigenvalue weighted by molar-refractivity contribution is 5.89. The summed E-state index contributed by atoms with van der Waals surface area (Å²) in [6, 6.07) is 16.1. The number of likely N-dealkylation sites (tertiary alicyclic amines) is 1. The van der Waals surface area contributed by atoms with E-state index < -0.39 is 29.3 Å². The minimum atomic E-state index is -1.59. The second-order valence-corrected chi connectivity index (χ2v) is 11.8. The Balaban J connectivity index is 1.35. The molecule has 2 amide bonds. The third kappa shape index (κ3) is 5.07. The molecule has 1 saturated carbocycles. The van der Waals surface area contributed by atoms with Crippen molar-refractivity contribution < 1.29 is 33.7 Å². The number of methoxy groups -OCH3 is 1. The predicted molar refractivity (Wildman–Crippen MR) is 143 cm³/mol. The number of nitrogens with zero attached hydrogens (tertiary/aromatic N) is 2. The van der Waals surface area contributed by atoms with Gasteiger partial charge in [-0.25, -0.2) is 14.4 Å². The third-order valence-electron chi connectivity index (χ3n) is 7.99. The lowest BCUT2D eigenvalue weighted by molar-refractivity contribution is -0.163. The summed E-state index contributed by atoms with van der Waals surface area (Å²) in [6.07, 6.45) is 0.267. The molecule has 208 valence electrons. The van der Waals surface area contributed by atoms with Crippen LogP contribution in [-0.2, 0) is 19.0 Å². The fourth-order valence-corrected chi connectivity index (χ4v) is 5.83. The van der Waals surface area contributed by atoms with Crippen molar-refractivity contribution in [1.82, 2.24) is 9.80 Å². The zero-order valence-electron chi connectivity index (χ0n) is 22.9. The molecule has 0 unspecified atom stereocenters. The number of rotatable bonds is 7. The smallest absolute Gasteiger partial charge is 0.410 e. The SMILES string of the molecule is COC1CC(CN(C(=O)OCC2c3ccccc3-c3ccccc32)C2(C(=O)O)CN(C(=O)OC(C)(C)C)C2)C1. The highest BCUT2D eigenvalue weighted by Gasteiger charge is 2.59. The van der Waals surface area contributed by atoms with Crippen LogP contribution in [0, 0.1) is 5.92 Å². The summed E-state index contributed by atoms with van der Waals surface area (Å²) in [5, 5.41) is 10.3. The summed E-state index contributed by atoms with van der Waals surface area (Å²) in [4.78, 5) is 41.6. The number of carbonyl (C=O) groups excluding carboxylic acids is 2. The van der Waals surface area contributed by atoms with E-state index in [1.54, 1.807) is 27.9 Å². The van der Waals surface area contributed by atoms with Gasteiger partial charge in [0.2, 0.25) is 0 Å². The van der Waals surface area contributed by atoms with Crippen LogP contribution in [0.2, 0.25) is 0 Å². The molecule has 1 saturated heterocycles. The molecule has 0 radical (unpaired) electrons. The molecule has 0 aromatic heterocycles. The molecule has 1 N–H and O–H groups in total. The molecule has 2 aromatic carbocycles. The molecule has 0 bridgehead atoms. The largest absolute Gasteiger partial charge is 0.479 e. The Kier molecular flexibility index (Phi) is 7.05. The first kappa shape index (κ1) is 27.0. The zero-order valence-corrected chi connectivity index (χ0v) is 22.9. The van der Waals surface area contributed by atoms with Crippen molar-refractivity contribution in [3.63, 3.8) is 0 Å². The first-order chi connectivity index (χ1) is 18.5. The fraction of sp³-hybridized carbons (Fsp3) is 0.500. The Morgan fingerprint density at radius 1 is 1.00 bits per heavy atom. The van der Waals surface area contributed by atoms with Crippen LogP contribution in [0.3, 0.4) is 0 Å². The van der Waals surface area contributed by atoms with Crippen LogP contribution in [0.25, 0.3) is 11.1 Å². The van der Waals surface area contributed by atoms with Crippen molar-refractivity contribution in [3.05, 3.63) is 59.7 Å². The fourth-order valence-electron chi connectivity index (χ4n) is 5.83. The summed E-state index contributed by atoms with van der Waals surface area (Å²) in [7, 11) is 1.65. The molecule has 39 heavy (non-hydrogen) atoms. The summed E-state index contributed by atoms with van der Waals surface area (Å²) >= 11 is 0. The van der Waals surface area contributed by atoms with Crippen molar-refractivity contribution in [2.75, 3.05) is 33.4 Å². The van der Waals surface area contributed by atoms with Gasteiger partial charge in [-0.3, -0.25) is 4.90 Å². The summed E-state index contributed by atoms with van der Waals surface area (Å²) < 4.78 is 16.7. The van der Waals surface area contributed by atoms with Crippen LogP contribution in [-0.4, -0.2) is 83.7 Å². The molecule has 5 rings (SSSR count). The Morgan fingerprint density at radius 2 is 1.56 bits per heavy atom. The maximum absolute atomic E-state index is 13.7. The molecule has 2 aromatic rings. The number of carboxylic acids is 1. The molecule has 9 heteroatoms. The van der Waals surface area contributed by atoms with Crippen LogP contribution < -0.4 is 0 Å². The lowest BCUT2D eigenvalue weighted by Gasteiger charge is -2.53. The molecule has 1 heterocycles. The molecular weight excluding hydrogens is 500 g/mol. The number of carbonyl (C=O) groups is 3. The number of hydrogen-bond acceptors (Lipinski definition) is 6. The van der Waals surface area contributed by atoms with E-state index >= 15 is 0 Å². The van der Waals surface area contributed by atoms with Crippen molar-refractivity contribution in [1.29, 1.82) is 0 Å². The van der Waals surface area contributed by atoms with Crippen LogP contribution in [0.5, 0.6) is 0 Å². The Labute approximate surface area is 228 Å². The van der Waals surface area contributed by atoms with Crippen molar-refractivity contribution in [2.24, 2.45) is 5.92 Å². The van der Waals surface area contributed by atoms with Crippen LogP contribution in [0.4, 0.5) is 9.59 Å². The maximum atomic E-state index is 13.7. The first-order valence-electron chi connectivity index (χ1n) is 13.4. The van der Waals surface area contributed by atoms with Gasteiger partial charge in [0, 0.05) is 19.6 Å². The van der Waals surface area contributed by atoms with Gasteiger partial charge >= 0.3 is 18.2 Å². The van der Waals surface area contributed by atoms with Gasteiger partial charge in [0.05, 0.1) is 19.2 Å². The van der Waals surface area contributed by atoms with E-state index in [9.17, 15) is 19.5 Å². The van der Waals surface area contributed by atoms with Gasteiger partial charge in [-0.2, -0.15) is 0 Å². The molecule has 3 aliphatic rings. The number of aliphatic carboxylic acids is 1. The molecule has 9 nitrogen and oxygen atoms in total. The van der Waals surface area contributed by atoms with Crippen LogP contribution in [0.1, 0.15) is 50.7 Å². The summed E-state index contributed by atoms with van der Waals surface area (Å²) in [5.41, 5.74) is 2.07. The molecule has 1 aliphatic heterocycles. The highest BCUT2D eigenvalue weighted by atomic mass is 16.6. The van der Waals surface area contributed by atoms with E-state index in [4.69, 9.17) is 14.2 Å². The number of amides is 2. The predicted octanol–water partition coefficient (Wildman–Crippen LogP) is 4.74. The van der Waals surface area contributed by atoms with Crippen LogP contribution >= 0.6 is 0 Å². The second kappa shape index (κ2) is 10.2. The van der Waals surface area contributed by atoms with E-state index in [0.29, 0.717) is 0 Å². The standard InChI is InChI=1S/C30H36N2O7/c1-29(2,3)39-27(35)31-17-30(18-31,26(33)34)32(15-19-13-20(14-19)37-4)28(36)38-16-25-23-11-7-5-9-21(23)22-10-6-8-12-24(22)25/h5-12,19-20,25H,13-18H2,1-4H3,(H,33,34). The maximum Gasteiger partial charge on any atom is 0.410 e. The highest BCUT2D eigenvalue weighted by Crippen LogP contribution is 2.45. The number of carboxylic acid groups (broad SMARTS) is 1. The molecule has 2 aliphatic carbocycles. The average Bonchev–Trinajstić information content (AvgIpc) is 3.15. The van der Waals surface area contributed by atoms with E-state index in [-0.39, 0.29) is 44.2 Å². The molecular formula is C30H36N2O7. The van der Waals surface area contributed by atoms with E-state index in [1.165, 1.54) is 9.80 Å². The molecule has 0 atom stereocenters. The van der Waals surface area contributed by atoms with E-state index in [1.807, 2.05) is 36.4 Å². The van der Waals surface area contributed by atoms with Crippen molar-refractivity contribution in [2.45, 2.75) is 56.8 Å². The van der Waals surface area contributed by atoms with Crippen molar-refractivity contribution in [3.8, 4) is 11.1 Å². The summed E-state index contributed by atoms with van der Waals surface area (Å²) in [5.74, 6) is -1.23. The van der Waals surface area contributed by atoms with Gasteiger partial charge in [-0.15, -0.1) is 0 Å². The monoisotopic (exact) mass is 536 g/mol. The van der Waals surface area contributed by atoms with Gasteiger partial charge in [0.15, 0.2) is 5.54 Å². The minimum absolute atomic E-state index is 0.0835. The summed E-state index contributed by atoms with van der Waals surface area (Å²) in [6.45, 7) is 5.22. The Morgan fingerprint density at radius 3 is 2.08 bits per heavy atom. The topological polar surface area (TPSA) is 106 Å². The molecule has 2 fully saturated rings. The third-order valence-corrected chi connectivity index (χ3v) is 7.99. The minimum Gasteiger partial charge on any atom is -0.479 e. The lowest BCUT2D eigenvalue weighted by Crippen LogP contribution is -2.76. The van der Waals surface area contributed by atoms with Crippen molar-refractivity contribution >= 4 is 18.2 Å². The first-order valence-corrected chi connectivity index (χ1v) is 13.4. The van der Waals surface area contributed by atoms with E-state index in [2.05, 4.69) is 12.1 Å². The quantitative estimate of drug-likeness (QED) is 0.545. The molecule has 0 spiro atoms. The lowest BCUT2D eigenvalue weighted by atomic mass is 9.79. The van der Waals surface area contributed by atoms with Gasteiger partial charge in [0.1, 0.15) is 12.2 Å². The van der Waals surface area contributed by atoms with E-state index in [0.717, 1.165) is 35.1 Å². The van der Waals surface area contributed by atoms with Crippen LogP contribution in [0.15, 0.2) is 48.5 Å². The number of fused-ring (bicyclic) bond motifs is 3. The van der Waals surface area contributed by atoms with Gasteiger partial charge in [0.25, 0.3) is 0 Å². The van der Waals surface area contributed by atoms with Gasteiger partial charge in [-0.05, 0) is 61.8 Å². The van der Waals surface area contributed by atoms with Gasteiger partial charge < -0.3 is 24.2 Å². The second-order valence-electron chi connectivity index (χ2n) is 11.8. The Bertz CT molecular complexity index is 1210. The Hall–Kier alpha value is -3.59. The number of ether oxygens (including phenoxy) is 3. The normalized spacial score (nSPS) is 21.2. The average molecular weight is 537 g/mol.